The van der Waals surface area contributed by atoms with Crippen LogP contribution in [0.1, 0.15) is 25.7 Å². The van der Waals surface area contributed by atoms with Crippen LogP contribution < -0.4 is 0 Å². The minimum absolute atomic E-state index is 0.0732. The minimum Gasteiger partial charge on any atom is -0.395 e. The summed E-state index contributed by atoms with van der Waals surface area (Å²) in [6, 6.07) is -0.0509. The van der Waals surface area contributed by atoms with Gasteiger partial charge in [0.2, 0.25) is 10.0 Å². The molecular formula is C13H16F3NO3S. The van der Waals surface area contributed by atoms with E-state index in [0.29, 0.717) is 25.0 Å². The Hall–Kier alpha value is -1.12. The molecule has 8 heteroatoms. The number of hydrogen-bond acceptors (Lipinski definition) is 3. The van der Waals surface area contributed by atoms with Crippen LogP contribution in [-0.4, -0.2) is 37.0 Å². The first-order valence-electron chi connectivity index (χ1n) is 6.65. The van der Waals surface area contributed by atoms with Crippen LogP contribution in [0.4, 0.5) is 13.2 Å². The summed E-state index contributed by atoms with van der Waals surface area (Å²) in [7, 11) is -4.47. The summed E-state index contributed by atoms with van der Waals surface area (Å²) in [6.45, 7) is -0.354. The minimum atomic E-state index is -4.47. The molecule has 1 aromatic rings. The molecule has 118 valence electrons. The summed E-state index contributed by atoms with van der Waals surface area (Å²) >= 11 is 0. The molecule has 21 heavy (non-hydrogen) atoms. The smallest absolute Gasteiger partial charge is 0.249 e. The summed E-state index contributed by atoms with van der Waals surface area (Å²) in [6.07, 6.45) is 2.46. The van der Waals surface area contributed by atoms with Crippen LogP contribution in [0.5, 0.6) is 0 Å². The summed E-state index contributed by atoms with van der Waals surface area (Å²) in [5.41, 5.74) is 0. The van der Waals surface area contributed by atoms with Crippen molar-refractivity contribution in [1.82, 2.24) is 4.31 Å². The number of nitrogens with zero attached hydrogens (tertiary/aromatic N) is 1. The molecule has 0 spiro atoms. The van der Waals surface area contributed by atoms with Crippen molar-refractivity contribution in [3.05, 3.63) is 29.6 Å². The fraction of sp³-hybridized carbons (Fsp3) is 0.538. The van der Waals surface area contributed by atoms with Crippen LogP contribution in [0.2, 0.25) is 0 Å². The molecule has 2 rings (SSSR count). The molecule has 1 fully saturated rings. The average Bonchev–Trinajstić information content (AvgIpc) is 2.62. The van der Waals surface area contributed by atoms with E-state index in [4.69, 9.17) is 0 Å². The molecule has 4 nitrogen and oxygen atoms in total. The van der Waals surface area contributed by atoms with E-state index >= 15 is 0 Å². The van der Waals surface area contributed by atoms with Crippen molar-refractivity contribution in [2.45, 2.75) is 36.6 Å². The van der Waals surface area contributed by atoms with Crippen molar-refractivity contribution in [2.75, 3.05) is 13.2 Å². The Labute approximate surface area is 121 Å². The molecule has 0 saturated carbocycles. The lowest BCUT2D eigenvalue weighted by molar-refractivity contribution is 0.186. The Bertz CT molecular complexity index is 598. The lowest BCUT2D eigenvalue weighted by Gasteiger charge is -2.27. The van der Waals surface area contributed by atoms with Gasteiger partial charge in [-0.25, -0.2) is 21.6 Å². The Balaban J connectivity index is 2.50. The van der Waals surface area contributed by atoms with E-state index in [9.17, 15) is 26.7 Å². The van der Waals surface area contributed by atoms with E-state index in [1.807, 2.05) is 0 Å². The number of aliphatic hydroxyl groups excluding tert-OH is 1. The first-order chi connectivity index (χ1) is 9.87. The Morgan fingerprint density at radius 3 is 2.33 bits per heavy atom. The maximum absolute atomic E-state index is 13.7. The summed E-state index contributed by atoms with van der Waals surface area (Å²) < 4.78 is 66.3. The average molecular weight is 323 g/mol. The van der Waals surface area contributed by atoms with Gasteiger partial charge in [-0.3, -0.25) is 0 Å². The van der Waals surface area contributed by atoms with Crippen molar-refractivity contribution in [3.8, 4) is 0 Å². The zero-order valence-electron chi connectivity index (χ0n) is 11.2. The van der Waals surface area contributed by atoms with E-state index < -0.39 is 45.0 Å². The molecule has 1 aliphatic rings. The van der Waals surface area contributed by atoms with Gasteiger partial charge in [-0.1, -0.05) is 12.8 Å². The van der Waals surface area contributed by atoms with Crippen LogP contribution in [0.15, 0.2) is 17.0 Å². The van der Waals surface area contributed by atoms with Crippen LogP contribution in [0, 0.1) is 17.5 Å². The molecule has 1 unspecified atom stereocenters. The third kappa shape index (κ3) is 3.22. The maximum Gasteiger partial charge on any atom is 0.249 e. The van der Waals surface area contributed by atoms with Crippen molar-refractivity contribution >= 4 is 10.0 Å². The fourth-order valence-corrected chi connectivity index (χ4v) is 4.32. The van der Waals surface area contributed by atoms with Gasteiger partial charge in [0, 0.05) is 24.7 Å². The van der Waals surface area contributed by atoms with Crippen molar-refractivity contribution < 1.29 is 26.7 Å². The van der Waals surface area contributed by atoms with Crippen molar-refractivity contribution in [3.63, 3.8) is 0 Å². The van der Waals surface area contributed by atoms with E-state index in [0.717, 1.165) is 17.1 Å². The molecular weight excluding hydrogens is 307 g/mol. The molecule has 0 amide bonds. The van der Waals surface area contributed by atoms with Gasteiger partial charge in [-0.05, 0) is 12.8 Å². The predicted octanol–water partition coefficient (Wildman–Crippen LogP) is 2.03. The molecule has 0 bridgehead atoms. The van der Waals surface area contributed by atoms with Crippen LogP contribution in [-0.2, 0) is 10.0 Å². The summed E-state index contributed by atoms with van der Waals surface area (Å²) in [5, 5.41) is 9.33. The Kier molecular flexibility index (Phi) is 4.90. The molecule has 1 N–H and O–H groups in total. The highest BCUT2D eigenvalue weighted by molar-refractivity contribution is 7.89. The lowest BCUT2D eigenvalue weighted by Crippen LogP contribution is -2.42. The van der Waals surface area contributed by atoms with Crippen LogP contribution in [0.25, 0.3) is 0 Å². The highest BCUT2D eigenvalue weighted by Crippen LogP contribution is 2.28. The first kappa shape index (κ1) is 16.3. The standard InChI is InChI=1S/C13H16F3NO3S/c14-9-6-11(15)13(12(16)7-9)21(19,20)17-5-3-1-2-4-10(17)8-18/h6-7,10,18H,1-5,8H2. The Morgan fingerprint density at radius 1 is 1.14 bits per heavy atom. The molecule has 0 aromatic heterocycles. The molecule has 1 heterocycles. The van der Waals surface area contributed by atoms with E-state index in [1.165, 1.54) is 0 Å². The first-order valence-corrected chi connectivity index (χ1v) is 8.09. The Morgan fingerprint density at radius 2 is 1.76 bits per heavy atom. The number of benzene rings is 1. The molecule has 0 aliphatic carbocycles. The number of aliphatic hydroxyl groups is 1. The quantitative estimate of drug-likeness (QED) is 0.926. The second kappa shape index (κ2) is 6.33. The number of halogens is 3. The normalized spacial score (nSPS) is 21.2. The predicted molar refractivity (Wildman–Crippen MR) is 69.5 cm³/mol. The molecule has 1 atom stereocenters. The topological polar surface area (TPSA) is 57.6 Å². The zero-order valence-corrected chi connectivity index (χ0v) is 12.0. The maximum atomic E-state index is 13.7. The lowest BCUT2D eigenvalue weighted by atomic mass is 10.1. The van der Waals surface area contributed by atoms with Crippen LogP contribution in [0.3, 0.4) is 0 Å². The monoisotopic (exact) mass is 323 g/mol. The summed E-state index contributed by atoms with van der Waals surface area (Å²) in [4.78, 5) is -1.16. The SMILES string of the molecule is O=S(=O)(c1c(F)cc(F)cc1F)N1CCCCCC1CO. The highest BCUT2D eigenvalue weighted by Gasteiger charge is 2.36. The highest BCUT2D eigenvalue weighted by atomic mass is 32.2. The van der Waals surface area contributed by atoms with Gasteiger partial charge in [0.15, 0.2) is 4.90 Å². The number of sulfonamides is 1. The second-order valence-corrected chi connectivity index (χ2v) is 6.83. The van der Waals surface area contributed by atoms with Gasteiger partial charge >= 0.3 is 0 Å². The largest absolute Gasteiger partial charge is 0.395 e. The fourth-order valence-electron chi connectivity index (χ4n) is 2.54. The van der Waals surface area contributed by atoms with Crippen molar-refractivity contribution in [2.24, 2.45) is 0 Å². The molecule has 1 saturated heterocycles. The molecule has 1 aliphatic heterocycles. The van der Waals surface area contributed by atoms with E-state index in [1.54, 1.807) is 0 Å². The number of rotatable bonds is 3. The third-order valence-electron chi connectivity index (χ3n) is 3.56. The molecule has 1 aromatic carbocycles. The summed E-state index contributed by atoms with van der Waals surface area (Å²) in [5.74, 6) is -4.11. The van der Waals surface area contributed by atoms with Crippen molar-refractivity contribution in [1.29, 1.82) is 0 Å². The number of hydrogen-bond donors (Lipinski definition) is 1. The van der Waals surface area contributed by atoms with Crippen LogP contribution >= 0.6 is 0 Å². The van der Waals surface area contributed by atoms with E-state index in [-0.39, 0.29) is 6.54 Å². The van der Waals surface area contributed by atoms with Gasteiger partial charge in [-0.15, -0.1) is 0 Å². The second-order valence-electron chi connectivity index (χ2n) is 5.00. The van der Waals surface area contributed by atoms with Gasteiger partial charge in [0.1, 0.15) is 17.5 Å². The molecule has 0 radical (unpaired) electrons. The van der Waals surface area contributed by atoms with E-state index in [2.05, 4.69) is 0 Å². The zero-order chi connectivity index (χ0) is 15.6. The van der Waals surface area contributed by atoms with Gasteiger partial charge in [0.25, 0.3) is 0 Å². The van der Waals surface area contributed by atoms with Gasteiger partial charge in [0.05, 0.1) is 6.61 Å². The third-order valence-corrected chi connectivity index (χ3v) is 5.57. The van der Waals surface area contributed by atoms with Gasteiger partial charge < -0.3 is 5.11 Å². The van der Waals surface area contributed by atoms with Gasteiger partial charge in [-0.2, -0.15) is 4.31 Å².